The van der Waals surface area contributed by atoms with Crippen molar-refractivity contribution in [3.8, 4) is 22.3 Å². The van der Waals surface area contributed by atoms with Crippen LogP contribution in [0.25, 0.3) is 27.8 Å². The van der Waals surface area contributed by atoms with E-state index in [1.165, 1.54) is 93.3 Å². The van der Waals surface area contributed by atoms with Crippen molar-refractivity contribution in [3.63, 3.8) is 0 Å². The van der Waals surface area contributed by atoms with Gasteiger partial charge in [-0.05, 0) is 147 Å². The van der Waals surface area contributed by atoms with E-state index < -0.39 is 0 Å². The molecular formula is C60H57N3. The van der Waals surface area contributed by atoms with Gasteiger partial charge in [-0.2, -0.15) is 0 Å². The van der Waals surface area contributed by atoms with Crippen LogP contribution >= 0.6 is 0 Å². The molecule has 0 amide bonds. The van der Waals surface area contributed by atoms with Gasteiger partial charge >= 0.3 is 0 Å². The van der Waals surface area contributed by atoms with E-state index in [2.05, 4.69) is 171 Å². The summed E-state index contributed by atoms with van der Waals surface area (Å²) in [5.74, 6) is 2.58. The quantitative estimate of drug-likeness (QED) is 0.207. The zero-order valence-corrected chi connectivity index (χ0v) is 36.8. The van der Waals surface area contributed by atoms with Crippen molar-refractivity contribution in [2.45, 2.75) is 107 Å². The Balaban J connectivity index is 0.904. The maximum Gasteiger partial charge on any atom is 0.159 e. The third-order valence-electron chi connectivity index (χ3n) is 15.9. The molecule has 0 aromatic heterocycles. The molecule has 0 radical (unpaired) electrons. The topological polar surface area (TPSA) is 36.8 Å². The van der Waals surface area contributed by atoms with Gasteiger partial charge in [-0.15, -0.1) is 0 Å². The summed E-state index contributed by atoms with van der Waals surface area (Å²) in [7, 11) is 0. The number of benzene rings is 4. The Kier molecular flexibility index (Phi) is 9.39. The highest BCUT2D eigenvalue weighted by Gasteiger charge is 2.53. The molecule has 1 saturated carbocycles. The highest BCUT2D eigenvalue weighted by molar-refractivity contribution is 6.14. The summed E-state index contributed by atoms with van der Waals surface area (Å²) in [6, 6.07) is 34.8. The summed E-state index contributed by atoms with van der Waals surface area (Å²) < 4.78 is 0. The van der Waals surface area contributed by atoms with Crippen LogP contribution in [0.3, 0.4) is 0 Å². The second-order valence-corrected chi connectivity index (χ2v) is 19.7. The van der Waals surface area contributed by atoms with Gasteiger partial charge in [0, 0.05) is 22.5 Å². The van der Waals surface area contributed by atoms with Crippen molar-refractivity contribution in [3.05, 3.63) is 207 Å². The first kappa shape index (κ1) is 38.6. The lowest BCUT2D eigenvalue weighted by Gasteiger charge is -2.39. The molecular weight excluding hydrogens is 763 g/mol. The van der Waals surface area contributed by atoms with E-state index in [1.807, 2.05) is 0 Å². The van der Waals surface area contributed by atoms with E-state index >= 15 is 0 Å². The van der Waals surface area contributed by atoms with Gasteiger partial charge < -0.3 is 5.32 Å². The Labute approximate surface area is 374 Å². The van der Waals surface area contributed by atoms with Crippen LogP contribution in [0, 0.1) is 5.92 Å². The minimum atomic E-state index is -0.159. The average Bonchev–Trinajstić information content (AvgIpc) is 3.74. The van der Waals surface area contributed by atoms with E-state index in [1.54, 1.807) is 11.1 Å². The Bertz CT molecular complexity index is 2890. The first-order valence-corrected chi connectivity index (χ1v) is 23.9. The van der Waals surface area contributed by atoms with Gasteiger partial charge in [-0.1, -0.05) is 173 Å². The summed E-state index contributed by atoms with van der Waals surface area (Å²) in [5.41, 5.74) is 20.9. The standard InChI is InChI=1S/C60H57N3/c1-59(2)51-27-11-10-25-48(51)49-37-54-50(38-53(49)59)55-47(26-16-28-52(55)60(54)33-12-5-13-34-60)45-23-14-21-43(35-45)44-22-15-24-46(36-44)58-62-56(41-19-8-4-9-20-41)61-57(63-58)42-31-29-40(30-32-42)39-17-6-3-7-18-39/h3,6,8,10-11,14-17,19-29,31,35-38,49,53,57H,4-5,7,9,12-13,18,30,32-34H2,1-2H3,(H,61,62,63). The fourth-order valence-electron chi connectivity index (χ4n) is 12.6. The molecule has 1 aliphatic heterocycles. The molecule has 3 heteroatoms. The third kappa shape index (κ3) is 6.44. The van der Waals surface area contributed by atoms with E-state index in [9.17, 15) is 0 Å². The molecule has 3 nitrogen and oxygen atoms in total. The molecule has 3 unspecified atom stereocenters. The Morgan fingerprint density at radius 1 is 0.667 bits per heavy atom. The lowest BCUT2D eigenvalue weighted by atomic mass is 9.64. The van der Waals surface area contributed by atoms with Gasteiger partial charge in [-0.25, -0.2) is 9.98 Å². The molecule has 1 spiro atoms. The molecule has 4 aromatic rings. The monoisotopic (exact) mass is 819 g/mol. The zero-order valence-electron chi connectivity index (χ0n) is 36.8. The molecule has 0 bridgehead atoms. The molecule has 4 aromatic carbocycles. The van der Waals surface area contributed by atoms with Crippen molar-refractivity contribution in [1.29, 1.82) is 0 Å². The second kappa shape index (κ2) is 15.3. The van der Waals surface area contributed by atoms with Gasteiger partial charge in [-0.3, -0.25) is 0 Å². The van der Waals surface area contributed by atoms with Crippen molar-refractivity contribution in [2.24, 2.45) is 15.9 Å². The lowest BCUT2D eigenvalue weighted by molar-refractivity contribution is 0.345. The number of nitrogens with zero attached hydrogens (tertiary/aromatic N) is 2. The number of hydrogen-bond acceptors (Lipinski definition) is 3. The average molecular weight is 820 g/mol. The van der Waals surface area contributed by atoms with Crippen LogP contribution in [0.15, 0.2) is 190 Å². The first-order valence-electron chi connectivity index (χ1n) is 23.9. The minimum Gasteiger partial charge on any atom is -0.344 e. The van der Waals surface area contributed by atoms with Gasteiger partial charge in [0.25, 0.3) is 0 Å². The summed E-state index contributed by atoms with van der Waals surface area (Å²) >= 11 is 0. The third-order valence-corrected chi connectivity index (χ3v) is 15.9. The number of rotatable bonds is 6. The fourth-order valence-corrected chi connectivity index (χ4v) is 12.6. The van der Waals surface area contributed by atoms with Crippen LogP contribution < -0.4 is 5.32 Å². The van der Waals surface area contributed by atoms with Gasteiger partial charge in [0.05, 0.1) is 0 Å². The molecule has 3 atom stereocenters. The fraction of sp³-hybridized carbons (Fsp3) is 0.300. The number of aliphatic imine (C=N–C) groups is 2. The lowest BCUT2D eigenvalue weighted by Crippen LogP contribution is -2.40. The van der Waals surface area contributed by atoms with Gasteiger partial charge in [0.15, 0.2) is 5.84 Å². The predicted molar refractivity (Wildman–Crippen MR) is 263 cm³/mol. The van der Waals surface area contributed by atoms with Crippen molar-refractivity contribution < 1.29 is 0 Å². The van der Waals surface area contributed by atoms with Crippen LogP contribution in [0.5, 0.6) is 0 Å². The highest BCUT2D eigenvalue weighted by Crippen LogP contribution is 2.64. The molecule has 312 valence electrons. The normalized spacial score (nSPS) is 24.8. The highest BCUT2D eigenvalue weighted by atomic mass is 15.2. The molecule has 0 saturated heterocycles. The van der Waals surface area contributed by atoms with E-state index in [-0.39, 0.29) is 17.0 Å². The van der Waals surface area contributed by atoms with Crippen molar-refractivity contribution >= 4 is 17.2 Å². The number of allylic oxidation sites excluding steroid dienone is 13. The first-order chi connectivity index (χ1) is 30.9. The molecule has 8 aliphatic rings. The summed E-state index contributed by atoms with van der Waals surface area (Å²) in [5, 5.41) is 3.81. The minimum absolute atomic E-state index is 0.0747. The number of nitrogens with one attached hydrogen (secondary N) is 1. The van der Waals surface area contributed by atoms with Crippen LogP contribution in [0.2, 0.25) is 0 Å². The smallest absolute Gasteiger partial charge is 0.159 e. The van der Waals surface area contributed by atoms with E-state index in [0.29, 0.717) is 11.8 Å². The van der Waals surface area contributed by atoms with Crippen LogP contribution in [0.1, 0.15) is 118 Å². The number of hydrogen-bond donors (Lipinski definition) is 1. The molecule has 63 heavy (non-hydrogen) atoms. The van der Waals surface area contributed by atoms with Crippen LogP contribution in [0.4, 0.5) is 0 Å². The van der Waals surface area contributed by atoms with Crippen LogP contribution in [-0.2, 0) is 10.8 Å². The molecule has 1 heterocycles. The SMILES string of the molecule is CC1(C)c2ccccc2C2C=C3C(=CC21)c1c(-c2cccc(-c4cccc(C5=NC(C6=CCCC=C6)=NC(C6=CC=C(C7=CC=CCC7)CC6)N5)c4)c2)cccc1C31CCCCC1. The van der Waals surface area contributed by atoms with E-state index in [0.717, 1.165) is 61.3 Å². The maximum atomic E-state index is 5.26. The van der Waals surface area contributed by atoms with Crippen molar-refractivity contribution in [2.75, 3.05) is 0 Å². The van der Waals surface area contributed by atoms with E-state index in [4.69, 9.17) is 9.98 Å². The second-order valence-electron chi connectivity index (χ2n) is 19.7. The molecule has 1 fully saturated rings. The summed E-state index contributed by atoms with van der Waals surface area (Å²) in [4.78, 5) is 10.5. The van der Waals surface area contributed by atoms with Crippen molar-refractivity contribution in [1.82, 2.24) is 5.32 Å². The Morgan fingerprint density at radius 3 is 2.24 bits per heavy atom. The zero-order chi connectivity index (χ0) is 42.1. The molecule has 12 rings (SSSR count). The number of fused-ring (bicyclic) bond motifs is 8. The van der Waals surface area contributed by atoms with Crippen LogP contribution in [-0.4, -0.2) is 17.8 Å². The molecule has 7 aliphatic carbocycles. The Morgan fingerprint density at radius 2 is 1.44 bits per heavy atom. The number of amidine groups is 2. The maximum absolute atomic E-state index is 5.26. The Hall–Kier alpha value is -6.06. The summed E-state index contributed by atoms with van der Waals surface area (Å²) in [6.45, 7) is 4.95. The van der Waals surface area contributed by atoms with Gasteiger partial charge in [0.1, 0.15) is 12.0 Å². The molecule has 1 N–H and O–H groups in total. The summed E-state index contributed by atoms with van der Waals surface area (Å²) in [6.07, 6.45) is 36.3. The predicted octanol–water partition coefficient (Wildman–Crippen LogP) is 14.5. The van der Waals surface area contributed by atoms with Gasteiger partial charge in [0.2, 0.25) is 0 Å². The largest absolute Gasteiger partial charge is 0.344 e.